The predicted molar refractivity (Wildman–Crippen MR) is 85.7 cm³/mol. The first-order chi connectivity index (χ1) is 12.0. The third-order valence-corrected chi connectivity index (χ3v) is 4.42. The highest BCUT2D eigenvalue weighted by Gasteiger charge is 2.51. The van der Waals surface area contributed by atoms with E-state index in [0.29, 0.717) is 18.4 Å². The van der Waals surface area contributed by atoms with Crippen molar-refractivity contribution in [2.45, 2.75) is 37.6 Å². The van der Waals surface area contributed by atoms with Crippen molar-refractivity contribution in [2.75, 3.05) is 6.61 Å². The van der Waals surface area contributed by atoms with Gasteiger partial charge in [0.15, 0.2) is 0 Å². The van der Waals surface area contributed by atoms with Gasteiger partial charge >= 0.3 is 6.03 Å². The second-order valence-corrected chi connectivity index (χ2v) is 6.13. The summed E-state index contributed by atoms with van der Waals surface area (Å²) in [5, 5.41) is 18.1. The van der Waals surface area contributed by atoms with Gasteiger partial charge in [-0.15, -0.1) is 5.01 Å². The first-order valence-corrected chi connectivity index (χ1v) is 8.14. The van der Waals surface area contributed by atoms with Gasteiger partial charge in [-0.25, -0.2) is 4.79 Å². The minimum Gasteiger partial charge on any atom is -0.546 e. The van der Waals surface area contributed by atoms with E-state index in [0.717, 1.165) is 24.3 Å². The molecule has 8 nitrogen and oxygen atoms in total. The van der Waals surface area contributed by atoms with Crippen molar-refractivity contribution in [3.05, 3.63) is 29.8 Å². The van der Waals surface area contributed by atoms with Gasteiger partial charge in [-0.1, -0.05) is 31.4 Å². The number of hydrogen-bond donors (Lipinski definition) is 1. The third-order valence-electron chi connectivity index (χ3n) is 4.42. The van der Waals surface area contributed by atoms with E-state index in [9.17, 15) is 19.5 Å². The second kappa shape index (κ2) is 6.92. The van der Waals surface area contributed by atoms with Gasteiger partial charge in [0.25, 0.3) is 5.91 Å². The summed E-state index contributed by atoms with van der Waals surface area (Å²) in [6, 6.07) is 6.05. The highest BCUT2D eigenvalue weighted by molar-refractivity contribution is 6.07. The van der Waals surface area contributed by atoms with Gasteiger partial charge in [0, 0.05) is 5.56 Å². The minimum absolute atomic E-state index is 0.273. The summed E-state index contributed by atoms with van der Waals surface area (Å²) in [6.45, 7) is -0.600. The van der Waals surface area contributed by atoms with E-state index in [2.05, 4.69) is 10.4 Å². The third kappa shape index (κ3) is 3.47. The first kappa shape index (κ1) is 16.9. The van der Waals surface area contributed by atoms with E-state index in [4.69, 9.17) is 4.74 Å². The molecule has 3 rings (SSSR count). The number of carbonyl (C=O) groups is 3. The average Bonchev–Trinajstić information content (AvgIpc) is 2.82. The van der Waals surface area contributed by atoms with Gasteiger partial charge in [-0.3, -0.25) is 4.79 Å². The van der Waals surface area contributed by atoms with E-state index in [-0.39, 0.29) is 11.7 Å². The summed E-state index contributed by atoms with van der Waals surface area (Å²) >= 11 is 0. The van der Waals surface area contributed by atoms with Crippen LogP contribution >= 0.6 is 0 Å². The van der Waals surface area contributed by atoms with Crippen LogP contribution in [-0.2, 0) is 9.59 Å². The molecule has 1 saturated carbocycles. The van der Waals surface area contributed by atoms with Crippen LogP contribution in [0.15, 0.2) is 29.4 Å². The zero-order valence-electron chi connectivity index (χ0n) is 13.6. The Morgan fingerprint density at radius 3 is 2.72 bits per heavy atom. The molecule has 8 heteroatoms. The van der Waals surface area contributed by atoms with Gasteiger partial charge in [0.05, 0.1) is 12.2 Å². The molecule has 1 aromatic rings. The number of carboxylic acids is 1. The standard InChI is InChI=1S/C17H19N3O5/c21-14(22)11-25-13-7-3-2-6-12(13)10-18-20-15(23)17(19-16(20)24)8-4-1-5-9-17/h2-3,6-7,10H,1,4-5,8-9,11H2,(H,19,24)(H,21,22)/p-1/b18-10-. The van der Waals surface area contributed by atoms with E-state index in [1.807, 2.05) is 0 Å². The van der Waals surface area contributed by atoms with Crippen molar-refractivity contribution in [1.82, 2.24) is 10.3 Å². The molecule has 1 aliphatic carbocycles. The van der Waals surface area contributed by atoms with Crippen LogP contribution in [-0.4, -0.2) is 41.3 Å². The molecule has 0 atom stereocenters. The Balaban J connectivity index is 1.77. The molecule has 0 aromatic heterocycles. The largest absolute Gasteiger partial charge is 0.546 e. The van der Waals surface area contributed by atoms with Crippen molar-refractivity contribution >= 4 is 24.1 Å². The maximum atomic E-state index is 12.6. The lowest BCUT2D eigenvalue weighted by molar-refractivity contribution is -0.307. The molecule has 1 saturated heterocycles. The van der Waals surface area contributed by atoms with Crippen LogP contribution in [0.25, 0.3) is 0 Å². The predicted octanol–water partition coefficient (Wildman–Crippen LogP) is 0.404. The number of imide groups is 1. The molecule has 132 valence electrons. The second-order valence-electron chi connectivity index (χ2n) is 6.13. The van der Waals surface area contributed by atoms with E-state index < -0.39 is 24.1 Å². The number of hydrazone groups is 1. The molecular formula is C17H18N3O5-. The van der Waals surface area contributed by atoms with Crippen LogP contribution in [0.5, 0.6) is 5.75 Å². The maximum absolute atomic E-state index is 12.6. The summed E-state index contributed by atoms with van der Waals surface area (Å²) in [6.07, 6.45) is 5.39. The first-order valence-electron chi connectivity index (χ1n) is 8.14. The smallest absolute Gasteiger partial charge is 0.346 e. The number of urea groups is 1. The number of carboxylic acid groups (broad SMARTS) is 1. The van der Waals surface area contributed by atoms with Gasteiger partial charge in [0.2, 0.25) is 0 Å². The molecule has 25 heavy (non-hydrogen) atoms. The topological polar surface area (TPSA) is 111 Å². The molecule has 3 amide bonds. The molecule has 1 aliphatic heterocycles. The quantitative estimate of drug-likeness (QED) is 0.614. The van der Waals surface area contributed by atoms with Crippen molar-refractivity contribution < 1.29 is 24.2 Å². The number of amides is 3. The molecule has 2 aliphatic rings. The molecule has 1 aromatic carbocycles. The fraction of sp³-hybridized carbons (Fsp3) is 0.412. The number of aliphatic carboxylic acids is 1. The Kier molecular flexibility index (Phi) is 4.69. The Bertz CT molecular complexity index is 725. The van der Waals surface area contributed by atoms with Crippen LogP contribution in [0, 0.1) is 0 Å². The minimum atomic E-state index is -1.35. The molecular weight excluding hydrogens is 326 g/mol. The van der Waals surface area contributed by atoms with Crippen LogP contribution in [0.3, 0.4) is 0 Å². The number of para-hydroxylation sites is 1. The molecule has 0 radical (unpaired) electrons. The maximum Gasteiger partial charge on any atom is 0.346 e. The van der Waals surface area contributed by atoms with Gasteiger partial charge in [-0.2, -0.15) is 5.10 Å². The zero-order chi connectivity index (χ0) is 17.9. The summed E-state index contributed by atoms with van der Waals surface area (Å²) in [5.74, 6) is -1.42. The number of hydrogen-bond acceptors (Lipinski definition) is 6. The molecule has 1 N–H and O–H groups in total. The lowest BCUT2D eigenvalue weighted by Crippen LogP contribution is -2.48. The molecule has 0 unspecified atom stereocenters. The van der Waals surface area contributed by atoms with Gasteiger partial charge in [-0.05, 0) is 25.0 Å². The average molecular weight is 344 g/mol. The fourth-order valence-corrected chi connectivity index (χ4v) is 3.18. The Hall–Kier alpha value is -2.90. The fourth-order valence-electron chi connectivity index (χ4n) is 3.18. The van der Waals surface area contributed by atoms with Crippen LogP contribution in [0.1, 0.15) is 37.7 Å². The highest BCUT2D eigenvalue weighted by Crippen LogP contribution is 2.33. The van der Waals surface area contributed by atoms with Crippen LogP contribution in [0.4, 0.5) is 4.79 Å². The lowest BCUT2D eigenvalue weighted by Gasteiger charge is -2.29. The molecule has 1 heterocycles. The summed E-state index contributed by atoms with van der Waals surface area (Å²) < 4.78 is 5.12. The summed E-state index contributed by atoms with van der Waals surface area (Å²) in [5.41, 5.74) is -0.383. The van der Waals surface area contributed by atoms with Crippen molar-refractivity contribution in [1.29, 1.82) is 0 Å². The summed E-state index contributed by atoms with van der Waals surface area (Å²) in [4.78, 5) is 35.3. The number of nitrogens with one attached hydrogen (secondary N) is 1. The molecule has 1 spiro atoms. The Labute approximate surface area is 144 Å². The number of ether oxygens (including phenoxy) is 1. The van der Waals surface area contributed by atoms with E-state index in [1.165, 1.54) is 6.21 Å². The van der Waals surface area contributed by atoms with E-state index >= 15 is 0 Å². The zero-order valence-corrected chi connectivity index (χ0v) is 13.6. The van der Waals surface area contributed by atoms with Crippen LogP contribution in [0.2, 0.25) is 0 Å². The molecule has 0 bridgehead atoms. The monoisotopic (exact) mass is 344 g/mol. The number of nitrogens with zero attached hydrogens (tertiary/aromatic N) is 2. The van der Waals surface area contributed by atoms with E-state index in [1.54, 1.807) is 24.3 Å². The van der Waals surface area contributed by atoms with Crippen molar-refractivity contribution in [3.63, 3.8) is 0 Å². The number of benzene rings is 1. The van der Waals surface area contributed by atoms with Crippen molar-refractivity contribution in [2.24, 2.45) is 5.10 Å². The molecule has 2 fully saturated rings. The Morgan fingerprint density at radius 1 is 1.28 bits per heavy atom. The normalized spacial score (nSPS) is 19.4. The SMILES string of the molecule is O=C([O-])COc1ccccc1/C=N\N1C(=O)NC2(CCCCC2)C1=O. The number of carbonyl (C=O) groups excluding carboxylic acids is 3. The van der Waals surface area contributed by atoms with Crippen LogP contribution < -0.4 is 15.2 Å². The summed E-state index contributed by atoms with van der Waals surface area (Å²) in [7, 11) is 0. The Morgan fingerprint density at radius 2 is 2.00 bits per heavy atom. The van der Waals surface area contributed by atoms with Gasteiger partial charge in [0.1, 0.15) is 17.9 Å². The van der Waals surface area contributed by atoms with Gasteiger partial charge < -0.3 is 20.0 Å². The highest BCUT2D eigenvalue weighted by atomic mass is 16.5. The number of rotatable bonds is 5. The van der Waals surface area contributed by atoms with Crippen molar-refractivity contribution in [3.8, 4) is 5.75 Å². The lowest BCUT2D eigenvalue weighted by atomic mass is 9.82.